The number of aliphatic hydroxyl groups excluding tert-OH is 1. The van der Waals surface area contributed by atoms with E-state index in [1.165, 1.54) is 10.7 Å². The van der Waals surface area contributed by atoms with Crippen LogP contribution in [0.4, 0.5) is 0 Å². The largest absolute Gasteiger partial charge is 0.494 e. The Morgan fingerprint density at radius 2 is 2.12 bits per heavy atom. The molecule has 142 valence electrons. The highest BCUT2D eigenvalue weighted by atomic mass is 32.1. The molecule has 1 N–H and O–H groups in total. The number of aliphatic hydroxyl groups is 1. The van der Waals surface area contributed by atoms with Crippen LogP contribution >= 0.6 is 11.3 Å². The molecule has 1 saturated heterocycles. The lowest BCUT2D eigenvalue weighted by Crippen LogP contribution is -2.45. The SMILES string of the molecule is CC(C)c1csc(CN2CCCC(CO)(CCOc3ccccc3)C2)n1. The second-order valence-electron chi connectivity index (χ2n) is 7.70. The van der Waals surface area contributed by atoms with Gasteiger partial charge in [0.05, 0.1) is 25.5 Å². The molecule has 3 rings (SSSR count). The maximum atomic E-state index is 10.1. The molecule has 1 aromatic carbocycles. The Balaban J connectivity index is 1.55. The number of para-hydroxylation sites is 1. The first-order valence-electron chi connectivity index (χ1n) is 9.56. The van der Waals surface area contributed by atoms with E-state index in [1.54, 1.807) is 11.3 Å². The van der Waals surface area contributed by atoms with Gasteiger partial charge in [-0.2, -0.15) is 0 Å². The molecule has 1 aliphatic rings. The summed E-state index contributed by atoms with van der Waals surface area (Å²) >= 11 is 1.75. The van der Waals surface area contributed by atoms with E-state index in [0.717, 1.165) is 44.6 Å². The minimum absolute atomic E-state index is 0.0643. The molecule has 0 amide bonds. The highest BCUT2D eigenvalue weighted by Gasteiger charge is 2.35. The lowest BCUT2D eigenvalue weighted by atomic mass is 9.78. The number of hydrogen-bond donors (Lipinski definition) is 1. The maximum absolute atomic E-state index is 10.1. The fraction of sp³-hybridized carbons (Fsp3) is 0.571. The topological polar surface area (TPSA) is 45.6 Å². The number of ether oxygens (including phenoxy) is 1. The molecule has 0 aliphatic carbocycles. The number of benzene rings is 1. The zero-order valence-corrected chi connectivity index (χ0v) is 16.7. The number of likely N-dealkylation sites (tertiary alicyclic amines) is 1. The Morgan fingerprint density at radius 1 is 1.31 bits per heavy atom. The van der Waals surface area contributed by atoms with Crippen molar-refractivity contribution >= 4 is 11.3 Å². The second-order valence-corrected chi connectivity index (χ2v) is 8.65. The highest BCUT2D eigenvalue weighted by Crippen LogP contribution is 2.34. The smallest absolute Gasteiger partial charge is 0.119 e. The van der Waals surface area contributed by atoms with Gasteiger partial charge in [-0.1, -0.05) is 32.0 Å². The summed E-state index contributed by atoms with van der Waals surface area (Å²) < 4.78 is 5.88. The summed E-state index contributed by atoms with van der Waals surface area (Å²) in [6.07, 6.45) is 3.06. The monoisotopic (exact) mass is 374 g/mol. The van der Waals surface area contributed by atoms with E-state index in [0.29, 0.717) is 12.5 Å². The van der Waals surface area contributed by atoms with Crippen molar-refractivity contribution in [1.82, 2.24) is 9.88 Å². The fourth-order valence-electron chi connectivity index (χ4n) is 3.61. The number of aromatic nitrogens is 1. The Kier molecular flexibility index (Phi) is 6.68. The van der Waals surface area contributed by atoms with Crippen LogP contribution in [0.5, 0.6) is 5.75 Å². The lowest BCUT2D eigenvalue weighted by Gasteiger charge is -2.41. The Labute approximate surface area is 160 Å². The van der Waals surface area contributed by atoms with Crippen LogP contribution in [-0.4, -0.2) is 41.3 Å². The van der Waals surface area contributed by atoms with Crippen LogP contribution in [0.3, 0.4) is 0 Å². The molecule has 1 fully saturated rings. The summed E-state index contributed by atoms with van der Waals surface area (Å²) in [5.74, 6) is 1.38. The van der Waals surface area contributed by atoms with Crippen LogP contribution in [0.2, 0.25) is 0 Å². The van der Waals surface area contributed by atoms with Crippen LogP contribution in [0.15, 0.2) is 35.7 Å². The van der Waals surface area contributed by atoms with Crippen molar-refractivity contribution in [2.24, 2.45) is 5.41 Å². The number of hydrogen-bond acceptors (Lipinski definition) is 5. The second kappa shape index (κ2) is 8.98. The van der Waals surface area contributed by atoms with Gasteiger partial charge < -0.3 is 9.84 Å². The average Bonchev–Trinajstić information content (AvgIpc) is 3.12. The Bertz CT molecular complexity index is 674. The fourth-order valence-corrected chi connectivity index (χ4v) is 4.61. The molecular formula is C21H30N2O2S. The molecule has 5 heteroatoms. The van der Waals surface area contributed by atoms with E-state index in [1.807, 2.05) is 30.3 Å². The van der Waals surface area contributed by atoms with E-state index >= 15 is 0 Å². The number of thiazole rings is 1. The van der Waals surface area contributed by atoms with Gasteiger partial charge in [-0.25, -0.2) is 4.98 Å². The van der Waals surface area contributed by atoms with E-state index in [9.17, 15) is 5.11 Å². The molecule has 0 bridgehead atoms. The summed E-state index contributed by atoms with van der Waals surface area (Å²) in [5.41, 5.74) is 1.12. The normalized spacial score (nSPS) is 21.2. The van der Waals surface area contributed by atoms with Crippen molar-refractivity contribution in [3.05, 3.63) is 46.4 Å². The standard InChI is InChI=1S/C21H30N2O2S/c1-17(2)19-14-26-20(22-19)13-23-11-6-9-21(15-23,16-24)10-12-25-18-7-4-3-5-8-18/h3-5,7-8,14,17,24H,6,9-13,15-16H2,1-2H3. The van der Waals surface area contributed by atoms with Gasteiger partial charge in [0.15, 0.2) is 0 Å². The first-order valence-corrected chi connectivity index (χ1v) is 10.4. The zero-order valence-electron chi connectivity index (χ0n) is 15.9. The molecule has 4 nitrogen and oxygen atoms in total. The average molecular weight is 375 g/mol. The molecule has 0 spiro atoms. The number of nitrogens with zero attached hydrogens (tertiary/aromatic N) is 2. The van der Waals surface area contributed by atoms with E-state index in [4.69, 9.17) is 9.72 Å². The van der Waals surface area contributed by atoms with Gasteiger partial charge in [-0.3, -0.25) is 4.90 Å². The molecule has 2 aromatic rings. The molecule has 1 atom stereocenters. The third-order valence-electron chi connectivity index (χ3n) is 5.24. The predicted molar refractivity (Wildman–Crippen MR) is 107 cm³/mol. The summed E-state index contributed by atoms with van der Waals surface area (Å²) in [6.45, 7) is 8.12. The van der Waals surface area contributed by atoms with Gasteiger partial charge in [0.2, 0.25) is 0 Å². The van der Waals surface area contributed by atoms with Crippen LogP contribution in [0.1, 0.15) is 49.7 Å². The third kappa shape index (κ3) is 5.06. The molecular weight excluding hydrogens is 344 g/mol. The molecule has 0 radical (unpaired) electrons. The van der Waals surface area contributed by atoms with Gasteiger partial charge in [0, 0.05) is 17.3 Å². The van der Waals surface area contributed by atoms with E-state index in [-0.39, 0.29) is 12.0 Å². The Hall–Kier alpha value is -1.43. The zero-order chi connectivity index (χ0) is 18.4. The van der Waals surface area contributed by atoms with Crippen molar-refractivity contribution in [2.75, 3.05) is 26.3 Å². The van der Waals surface area contributed by atoms with Crippen molar-refractivity contribution in [1.29, 1.82) is 0 Å². The van der Waals surface area contributed by atoms with Crippen LogP contribution in [0.25, 0.3) is 0 Å². The van der Waals surface area contributed by atoms with Gasteiger partial charge in [0.1, 0.15) is 10.8 Å². The van der Waals surface area contributed by atoms with Crippen molar-refractivity contribution in [2.45, 2.75) is 45.6 Å². The van der Waals surface area contributed by atoms with Gasteiger partial charge in [-0.15, -0.1) is 11.3 Å². The lowest BCUT2D eigenvalue weighted by molar-refractivity contribution is 0.0128. The third-order valence-corrected chi connectivity index (χ3v) is 6.09. The molecule has 1 unspecified atom stereocenters. The summed E-state index contributed by atoms with van der Waals surface area (Å²) in [5, 5.41) is 13.5. The van der Waals surface area contributed by atoms with Crippen LogP contribution in [-0.2, 0) is 6.54 Å². The number of rotatable bonds is 8. The number of piperidine rings is 1. The molecule has 26 heavy (non-hydrogen) atoms. The molecule has 1 aliphatic heterocycles. The quantitative estimate of drug-likeness (QED) is 0.748. The van der Waals surface area contributed by atoms with Crippen LogP contribution < -0.4 is 4.74 Å². The highest BCUT2D eigenvalue weighted by molar-refractivity contribution is 7.09. The van der Waals surface area contributed by atoms with Gasteiger partial charge in [-0.05, 0) is 43.9 Å². The van der Waals surface area contributed by atoms with E-state index < -0.39 is 0 Å². The Morgan fingerprint density at radius 3 is 2.81 bits per heavy atom. The molecule has 1 aromatic heterocycles. The summed E-state index contributed by atoms with van der Waals surface area (Å²) in [6, 6.07) is 9.92. The molecule has 2 heterocycles. The van der Waals surface area contributed by atoms with Crippen LogP contribution in [0, 0.1) is 5.41 Å². The minimum atomic E-state index is -0.0643. The maximum Gasteiger partial charge on any atom is 0.119 e. The first-order chi connectivity index (χ1) is 12.6. The first kappa shape index (κ1) is 19.3. The van der Waals surface area contributed by atoms with Crippen molar-refractivity contribution in [3.8, 4) is 5.75 Å². The minimum Gasteiger partial charge on any atom is -0.494 e. The summed E-state index contributed by atoms with van der Waals surface area (Å²) in [4.78, 5) is 7.22. The van der Waals surface area contributed by atoms with Crippen molar-refractivity contribution in [3.63, 3.8) is 0 Å². The van der Waals surface area contributed by atoms with Crippen molar-refractivity contribution < 1.29 is 9.84 Å². The van der Waals surface area contributed by atoms with Gasteiger partial charge in [0.25, 0.3) is 0 Å². The van der Waals surface area contributed by atoms with Gasteiger partial charge >= 0.3 is 0 Å². The molecule has 0 saturated carbocycles. The predicted octanol–water partition coefficient (Wildman–Crippen LogP) is 4.31. The summed E-state index contributed by atoms with van der Waals surface area (Å²) in [7, 11) is 0. The van der Waals surface area contributed by atoms with E-state index in [2.05, 4.69) is 24.1 Å².